The first-order chi connectivity index (χ1) is 12.2. The molecule has 1 aliphatic rings. The maximum Gasteiger partial charge on any atom is 0.212 e. The second kappa shape index (κ2) is 6.50. The van der Waals surface area contributed by atoms with Gasteiger partial charge in [-0.15, -0.1) is 10.2 Å². The Morgan fingerprint density at radius 1 is 1.08 bits per heavy atom. The second-order valence-electron chi connectivity index (χ2n) is 5.36. The number of benzene rings is 2. The highest BCUT2D eigenvalue weighted by Gasteiger charge is 2.29. The third-order valence-electron chi connectivity index (χ3n) is 3.93. The topological polar surface area (TPSA) is 61.2 Å². The van der Waals surface area contributed by atoms with Gasteiger partial charge in [-0.1, -0.05) is 41.6 Å². The number of fused-ring (bicyclic) bond motifs is 1. The van der Waals surface area contributed by atoms with Crippen molar-refractivity contribution in [1.29, 1.82) is 0 Å². The van der Waals surface area contributed by atoms with Crippen molar-refractivity contribution in [3.63, 3.8) is 0 Å². The van der Waals surface area contributed by atoms with Gasteiger partial charge >= 0.3 is 0 Å². The number of rotatable bonds is 4. The van der Waals surface area contributed by atoms with Crippen LogP contribution in [0.1, 0.15) is 10.9 Å². The molecule has 25 heavy (non-hydrogen) atoms. The van der Waals surface area contributed by atoms with E-state index >= 15 is 0 Å². The normalized spacial score (nSPS) is 15.6. The molecule has 2 heterocycles. The highest BCUT2D eigenvalue weighted by atomic mass is 35.5. The molecule has 128 valence electrons. The van der Waals surface area contributed by atoms with Crippen molar-refractivity contribution >= 4 is 23.4 Å². The third kappa shape index (κ3) is 2.79. The van der Waals surface area contributed by atoms with Crippen LogP contribution in [0.2, 0.25) is 5.02 Å². The number of hydrogen-bond acceptors (Lipinski definition) is 6. The summed E-state index contributed by atoms with van der Waals surface area (Å²) >= 11 is 7.88. The maximum atomic E-state index is 6.30. The molecule has 0 spiro atoms. The van der Waals surface area contributed by atoms with Gasteiger partial charge in [0.25, 0.3) is 0 Å². The fourth-order valence-corrected chi connectivity index (χ4v) is 3.89. The summed E-state index contributed by atoms with van der Waals surface area (Å²) in [6.07, 6.45) is 0. The standard InChI is InChI=1S/C17H15ClN4O2S/c1-23-13-8-7-10(9-14(13)24-2)16-21-22-15(19-20-17(22)25-16)11-5-3-4-6-12(11)18/h3-9,16,21H,1-2H3. The summed E-state index contributed by atoms with van der Waals surface area (Å²) in [5.41, 5.74) is 5.30. The highest BCUT2D eigenvalue weighted by Crippen LogP contribution is 2.42. The molecule has 4 rings (SSSR count). The Morgan fingerprint density at radius 3 is 2.64 bits per heavy atom. The van der Waals surface area contributed by atoms with E-state index in [1.807, 2.05) is 47.1 Å². The van der Waals surface area contributed by atoms with Crippen LogP contribution in [-0.4, -0.2) is 29.1 Å². The van der Waals surface area contributed by atoms with Crippen molar-refractivity contribution < 1.29 is 9.47 Å². The zero-order chi connectivity index (χ0) is 17.4. The minimum absolute atomic E-state index is 0.00783. The van der Waals surface area contributed by atoms with Crippen LogP contribution in [0, 0.1) is 0 Å². The molecule has 0 bridgehead atoms. The van der Waals surface area contributed by atoms with Crippen LogP contribution in [0.5, 0.6) is 11.5 Å². The third-order valence-corrected chi connectivity index (χ3v) is 5.35. The molecule has 0 amide bonds. The van der Waals surface area contributed by atoms with Gasteiger partial charge in [0.15, 0.2) is 17.3 Å². The zero-order valence-electron chi connectivity index (χ0n) is 13.6. The lowest BCUT2D eigenvalue weighted by Gasteiger charge is -2.15. The summed E-state index contributed by atoms with van der Waals surface area (Å²) in [5.74, 6) is 2.08. The van der Waals surface area contributed by atoms with Crippen molar-refractivity contribution in [2.24, 2.45) is 0 Å². The lowest BCUT2D eigenvalue weighted by atomic mass is 10.2. The van der Waals surface area contributed by atoms with E-state index in [1.54, 1.807) is 26.0 Å². The summed E-state index contributed by atoms with van der Waals surface area (Å²) in [5, 5.41) is 9.94. The van der Waals surface area contributed by atoms with Crippen molar-refractivity contribution in [2.75, 3.05) is 19.6 Å². The maximum absolute atomic E-state index is 6.30. The van der Waals surface area contributed by atoms with Gasteiger partial charge < -0.3 is 14.9 Å². The molecule has 0 radical (unpaired) electrons. The van der Waals surface area contributed by atoms with Gasteiger partial charge in [0.2, 0.25) is 5.16 Å². The fourth-order valence-electron chi connectivity index (χ4n) is 2.69. The monoisotopic (exact) mass is 374 g/mol. The Balaban J connectivity index is 1.66. The van der Waals surface area contributed by atoms with E-state index in [0.29, 0.717) is 22.3 Å². The van der Waals surface area contributed by atoms with Crippen LogP contribution in [0.15, 0.2) is 47.6 Å². The average molecular weight is 375 g/mol. The van der Waals surface area contributed by atoms with Gasteiger partial charge in [-0.25, -0.2) is 4.68 Å². The smallest absolute Gasteiger partial charge is 0.212 e. The molecule has 2 aromatic carbocycles. The van der Waals surface area contributed by atoms with Gasteiger partial charge in [-0.05, 0) is 29.8 Å². The molecule has 0 saturated heterocycles. The van der Waals surface area contributed by atoms with E-state index in [0.717, 1.165) is 16.3 Å². The molecule has 1 aliphatic heterocycles. The van der Waals surface area contributed by atoms with Crippen LogP contribution >= 0.6 is 23.4 Å². The summed E-state index contributed by atoms with van der Waals surface area (Å²) in [7, 11) is 3.25. The molecule has 0 aliphatic carbocycles. The van der Waals surface area contributed by atoms with E-state index in [-0.39, 0.29) is 5.37 Å². The molecule has 6 nitrogen and oxygen atoms in total. The van der Waals surface area contributed by atoms with E-state index in [1.165, 1.54) is 0 Å². The number of nitrogens with zero attached hydrogens (tertiary/aromatic N) is 3. The predicted octanol–water partition coefficient (Wildman–Crippen LogP) is 3.96. The molecule has 1 atom stereocenters. The van der Waals surface area contributed by atoms with Gasteiger partial charge in [0, 0.05) is 5.56 Å². The number of thioether (sulfide) groups is 1. The van der Waals surface area contributed by atoms with E-state index in [4.69, 9.17) is 21.1 Å². The Labute approximate surface area is 154 Å². The minimum Gasteiger partial charge on any atom is -0.493 e. The number of nitrogens with one attached hydrogen (secondary N) is 1. The second-order valence-corrected chi connectivity index (χ2v) is 6.84. The molecule has 0 fully saturated rings. The molecular formula is C17H15ClN4O2S. The van der Waals surface area contributed by atoms with E-state index < -0.39 is 0 Å². The van der Waals surface area contributed by atoms with Crippen molar-refractivity contribution in [2.45, 2.75) is 10.5 Å². The lowest BCUT2D eigenvalue weighted by Crippen LogP contribution is -2.14. The van der Waals surface area contributed by atoms with Gasteiger partial charge in [-0.3, -0.25) is 0 Å². The molecule has 1 aromatic heterocycles. The molecule has 1 N–H and O–H groups in total. The zero-order valence-corrected chi connectivity index (χ0v) is 15.1. The largest absolute Gasteiger partial charge is 0.493 e. The molecule has 0 saturated carbocycles. The average Bonchev–Trinajstić information content (AvgIpc) is 3.22. The van der Waals surface area contributed by atoms with Crippen LogP contribution in [0.3, 0.4) is 0 Å². The van der Waals surface area contributed by atoms with Crippen molar-refractivity contribution in [3.8, 4) is 22.9 Å². The Bertz CT molecular complexity index is 931. The Hall–Kier alpha value is -2.38. The van der Waals surface area contributed by atoms with E-state index in [9.17, 15) is 0 Å². The first-order valence-electron chi connectivity index (χ1n) is 7.56. The number of methoxy groups -OCH3 is 2. The van der Waals surface area contributed by atoms with Gasteiger partial charge in [0.05, 0.1) is 19.2 Å². The number of halogens is 1. The molecular weight excluding hydrogens is 360 g/mol. The van der Waals surface area contributed by atoms with Crippen molar-refractivity contribution in [1.82, 2.24) is 14.9 Å². The quantitative estimate of drug-likeness (QED) is 0.745. The first kappa shape index (κ1) is 16.1. The number of aromatic nitrogens is 3. The fraction of sp³-hybridized carbons (Fsp3) is 0.176. The Morgan fingerprint density at radius 2 is 1.88 bits per heavy atom. The number of ether oxygens (including phenoxy) is 2. The minimum atomic E-state index is -0.00783. The van der Waals surface area contributed by atoms with Crippen LogP contribution < -0.4 is 14.9 Å². The number of hydrogen-bond donors (Lipinski definition) is 1. The summed E-state index contributed by atoms with van der Waals surface area (Å²) in [6.45, 7) is 0. The highest BCUT2D eigenvalue weighted by molar-refractivity contribution is 7.99. The van der Waals surface area contributed by atoms with Crippen molar-refractivity contribution in [3.05, 3.63) is 53.1 Å². The molecule has 3 aromatic rings. The van der Waals surface area contributed by atoms with Crippen LogP contribution in [0.4, 0.5) is 0 Å². The summed E-state index contributed by atoms with van der Waals surface area (Å²) in [6, 6.07) is 13.4. The SMILES string of the molecule is COc1ccc(C2Nn3c(nnc3-c3ccccc3Cl)S2)cc1OC. The predicted molar refractivity (Wildman–Crippen MR) is 98.0 cm³/mol. The van der Waals surface area contributed by atoms with Crippen LogP contribution in [0.25, 0.3) is 11.4 Å². The van der Waals surface area contributed by atoms with Gasteiger partial charge in [0.1, 0.15) is 5.37 Å². The van der Waals surface area contributed by atoms with E-state index in [2.05, 4.69) is 15.6 Å². The van der Waals surface area contributed by atoms with Gasteiger partial charge in [-0.2, -0.15) is 0 Å². The molecule has 1 unspecified atom stereocenters. The first-order valence-corrected chi connectivity index (χ1v) is 8.82. The molecule has 8 heteroatoms. The Kier molecular flexibility index (Phi) is 4.19. The lowest BCUT2D eigenvalue weighted by molar-refractivity contribution is 0.354. The van der Waals surface area contributed by atoms with Crippen LogP contribution in [-0.2, 0) is 0 Å². The summed E-state index contributed by atoms with van der Waals surface area (Å²) in [4.78, 5) is 0. The summed E-state index contributed by atoms with van der Waals surface area (Å²) < 4.78 is 12.6.